The van der Waals surface area contributed by atoms with E-state index in [0.29, 0.717) is 28.0 Å². The number of aromatic nitrogens is 2. The highest BCUT2D eigenvalue weighted by atomic mass is 79.9. The zero-order valence-electron chi connectivity index (χ0n) is 8.98. The Hall–Kier alpha value is -1.87. The number of carbonyl (C=O) groups is 1. The Morgan fingerprint density at radius 2 is 2.47 bits per heavy atom. The first kappa shape index (κ1) is 11.6. The number of esters is 1. The summed E-state index contributed by atoms with van der Waals surface area (Å²) in [6.07, 6.45) is 3.11. The molecule has 0 bridgehead atoms. The lowest BCUT2D eigenvalue weighted by Crippen LogP contribution is -2.07. The van der Waals surface area contributed by atoms with Gasteiger partial charge < -0.3 is 4.74 Å². The fraction of sp³-hybridized carbons (Fsp3) is 0.182. The number of ether oxygens (including phenoxy) is 1. The third-order valence-corrected chi connectivity index (χ3v) is 2.62. The van der Waals surface area contributed by atoms with Crippen LogP contribution >= 0.6 is 15.9 Å². The molecule has 86 valence electrons. The SMILES string of the molecule is CCOC(=O)c1cc(Br)cn2c(C#N)cnc12. The quantitative estimate of drug-likeness (QED) is 0.796. The minimum absolute atomic E-state index is 0.295. The number of nitriles is 1. The number of nitrogens with zero attached hydrogens (tertiary/aromatic N) is 3. The van der Waals surface area contributed by atoms with Gasteiger partial charge in [-0.2, -0.15) is 5.26 Å². The lowest BCUT2D eigenvalue weighted by atomic mass is 10.2. The number of pyridine rings is 1. The van der Waals surface area contributed by atoms with Gasteiger partial charge in [0.15, 0.2) is 5.65 Å². The Kier molecular flexibility index (Phi) is 3.11. The molecule has 0 N–H and O–H groups in total. The van der Waals surface area contributed by atoms with Crippen LogP contribution in [0.1, 0.15) is 23.0 Å². The van der Waals surface area contributed by atoms with Crippen molar-refractivity contribution in [2.45, 2.75) is 6.92 Å². The van der Waals surface area contributed by atoms with Crippen molar-refractivity contribution in [3.05, 3.63) is 34.2 Å². The summed E-state index contributed by atoms with van der Waals surface area (Å²) in [6, 6.07) is 3.63. The van der Waals surface area contributed by atoms with E-state index in [1.54, 1.807) is 23.6 Å². The Balaban J connectivity index is 2.68. The van der Waals surface area contributed by atoms with Gasteiger partial charge in [0.05, 0.1) is 12.8 Å². The van der Waals surface area contributed by atoms with Gasteiger partial charge >= 0.3 is 5.97 Å². The van der Waals surface area contributed by atoms with E-state index in [4.69, 9.17) is 10.00 Å². The maximum absolute atomic E-state index is 11.7. The molecular formula is C11H8BrN3O2. The average Bonchev–Trinajstić information content (AvgIpc) is 2.71. The normalized spacial score (nSPS) is 10.2. The molecule has 2 aromatic rings. The minimum atomic E-state index is -0.450. The maximum atomic E-state index is 11.7. The van der Waals surface area contributed by atoms with Crippen LogP contribution in [0, 0.1) is 11.3 Å². The molecule has 2 aromatic heterocycles. The first-order chi connectivity index (χ1) is 8.17. The molecule has 0 saturated heterocycles. The van der Waals surface area contributed by atoms with Crippen molar-refractivity contribution in [2.75, 3.05) is 6.61 Å². The molecule has 17 heavy (non-hydrogen) atoms. The number of carbonyl (C=O) groups excluding carboxylic acids is 1. The van der Waals surface area contributed by atoms with Crippen molar-refractivity contribution in [3.8, 4) is 6.07 Å². The highest BCUT2D eigenvalue weighted by Crippen LogP contribution is 2.19. The second kappa shape index (κ2) is 4.55. The number of fused-ring (bicyclic) bond motifs is 1. The molecule has 0 aliphatic heterocycles. The average molecular weight is 294 g/mol. The molecule has 0 aliphatic carbocycles. The zero-order valence-corrected chi connectivity index (χ0v) is 10.6. The fourth-order valence-electron chi connectivity index (χ4n) is 1.50. The lowest BCUT2D eigenvalue weighted by molar-refractivity contribution is 0.0528. The topological polar surface area (TPSA) is 67.4 Å². The predicted octanol–water partition coefficient (Wildman–Crippen LogP) is 2.15. The molecule has 6 heteroatoms. The Morgan fingerprint density at radius 1 is 1.71 bits per heavy atom. The van der Waals surface area contributed by atoms with Crippen LogP contribution in [0.15, 0.2) is 22.9 Å². The van der Waals surface area contributed by atoms with E-state index < -0.39 is 5.97 Å². The van der Waals surface area contributed by atoms with E-state index in [1.807, 2.05) is 6.07 Å². The molecule has 0 atom stereocenters. The number of hydrogen-bond acceptors (Lipinski definition) is 4. The smallest absolute Gasteiger partial charge is 0.341 e. The number of rotatable bonds is 2. The first-order valence-electron chi connectivity index (χ1n) is 4.91. The van der Waals surface area contributed by atoms with Crippen LogP contribution < -0.4 is 0 Å². The number of hydrogen-bond donors (Lipinski definition) is 0. The van der Waals surface area contributed by atoms with Crippen molar-refractivity contribution in [2.24, 2.45) is 0 Å². The summed E-state index contributed by atoms with van der Waals surface area (Å²) in [5.74, 6) is -0.450. The van der Waals surface area contributed by atoms with E-state index in [9.17, 15) is 4.79 Å². The second-order valence-electron chi connectivity index (χ2n) is 3.24. The van der Waals surface area contributed by atoms with Crippen LogP contribution in [-0.2, 0) is 4.74 Å². The van der Waals surface area contributed by atoms with E-state index in [1.165, 1.54) is 6.20 Å². The van der Waals surface area contributed by atoms with Crippen LogP contribution in [0.2, 0.25) is 0 Å². The van der Waals surface area contributed by atoms with E-state index in [-0.39, 0.29) is 0 Å². The summed E-state index contributed by atoms with van der Waals surface area (Å²) in [5.41, 5.74) is 1.12. The monoisotopic (exact) mass is 293 g/mol. The van der Waals surface area contributed by atoms with Crippen molar-refractivity contribution in [1.29, 1.82) is 5.26 Å². The highest BCUT2D eigenvalue weighted by Gasteiger charge is 2.15. The summed E-state index contributed by atoms with van der Waals surface area (Å²) in [4.78, 5) is 15.8. The van der Waals surface area contributed by atoms with Crippen LogP contribution in [0.3, 0.4) is 0 Å². The summed E-state index contributed by atoms with van der Waals surface area (Å²) in [6.45, 7) is 2.03. The molecule has 0 amide bonds. The second-order valence-corrected chi connectivity index (χ2v) is 4.16. The molecular weight excluding hydrogens is 286 g/mol. The number of imidazole rings is 1. The van der Waals surface area contributed by atoms with Gasteiger partial charge in [0.25, 0.3) is 0 Å². The van der Waals surface area contributed by atoms with Gasteiger partial charge in [0.1, 0.15) is 17.3 Å². The van der Waals surface area contributed by atoms with Gasteiger partial charge in [-0.05, 0) is 28.9 Å². The first-order valence-corrected chi connectivity index (χ1v) is 5.70. The summed E-state index contributed by atoms with van der Waals surface area (Å²) in [5, 5.41) is 8.91. The van der Waals surface area contributed by atoms with Crippen LogP contribution in [-0.4, -0.2) is 22.0 Å². The van der Waals surface area contributed by atoms with Gasteiger partial charge in [-0.1, -0.05) is 0 Å². The molecule has 0 spiro atoms. The molecule has 0 unspecified atom stereocenters. The minimum Gasteiger partial charge on any atom is -0.462 e. The van der Waals surface area contributed by atoms with Gasteiger partial charge in [-0.25, -0.2) is 9.78 Å². The Morgan fingerprint density at radius 3 is 3.12 bits per heavy atom. The van der Waals surface area contributed by atoms with Crippen molar-refractivity contribution < 1.29 is 9.53 Å². The molecule has 0 saturated carbocycles. The third-order valence-electron chi connectivity index (χ3n) is 2.18. The predicted molar refractivity (Wildman–Crippen MR) is 63.6 cm³/mol. The largest absolute Gasteiger partial charge is 0.462 e. The van der Waals surface area contributed by atoms with Gasteiger partial charge in [-0.3, -0.25) is 4.40 Å². The highest BCUT2D eigenvalue weighted by molar-refractivity contribution is 9.10. The van der Waals surface area contributed by atoms with Gasteiger partial charge in [0, 0.05) is 10.7 Å². The molecule has 0 aliphatic rings. The summed E-state index contributed by atoms with van der Waals surface area (Å²) in [7, 11) is 0. The fourth-order valence-corrected chi connectivity index (χ4v) is 1.93. The van der Waals surface area contributed by atoms with E-state index in [2.05, 4.69) is 20.9 Å². The maximum Gasteiger partial charge on any atom is 0.341 e. The van der Waals surface area contributed by atoms with Crippen molar-refractivity contribution >= 4 is 27.5 Å². The molecule has 2 heterocycles. The van der Waals surface area contributed by atoms with Crippen LogP contribution in [0.5, 0.6) is 0 Å². The number of halogens is 1. The van der Waals surface area contributed by atoms with Crippen LogP contribution in [0.4, 0.5) is 0 Å². The lowest BCUT2D eigenvalue weighted by Gasteiger charge is -2.04. The summed E-state index contributed by atoms with van der Waals surface area (Å²) >= 11 is 3.28. The Labute approximate surface area is 106 Å². The Bertz CT molecular complexity index is 627. The third kappa shape index (κ3) is 2.01. The molecule has 0 aromatic carbocycles. The summed E-state index contributed by atoms with van der Waals surface area (Å²) < 4.78 is 7.17. The molecule has 0 radical (unpaired) electrons. The van der Waals surface area contributed by atoms with Crippen LogP contribution in [0.25, 0.3) is 5.65 Å². The van der Waals surface area contributed by atoms with Crippen molar-refractivity contribution in [1.82, 2.24) is 9.38 Å². The van der Waals surface area contributed by atoms with Gasteiger partial charge in [0.2, 0.25) is 0 Å². The van der Waals surface area contributed by atoms with E-state index >= 15 is 0 Å². The zero-order chi connectivity index (χ0) is 12.4. The molecule has 2 rings (SSSR count). The van der Waals surface area contributed by atoms with Gasteiger partial charge in [-0.15, -0.1) is 0 Å². The van der Waals surface area contributed by atoms with Crippen molar-refractivity contribution in [3.63, 3.8) is 0 Å². The standard InChI is InChI=1S/C11H8BrN3O2/c1-2-17-11(16)9-3-7(12)6-15-8(4-13)5-14-10(9)15/h3,5-6H,2H2,1H3. The van der Waals surface area contributed by atoms with E-state index in [0.717, 1.165) is 0 Å². The molecule has 5 nitrogen and oxygen atoms in total. The molecule has 0 fully saturated rings.